The molecule has 1 fully saturated rings. The molecule has 0 atom stereocenters. The first kappa shape index (κ1) is 17.3. The Balaban J connectivity index is 1.73. The van der Waals surface area contributed by atoms with Gasteiger partial charge in [0.25, 0.3) is 11.8 Å². The molecule has 9 nitrogen and oxygen atoms in total. The van der Waals surface area contributed by atoms with Gasteiger partial charge >= 0.3 is 12.0 Å². The van der Waals surface area contributed by atoms with Crippen LogP contribution >= 0.6 is 0 Å². The van der Waals surface area contributed by atoms with Crippen LogP contribution in [-0.4, -0.2) is 62.1 Å². The van der Waals surface area contributed by atoms with Gasteiger partial charge in [-0.3, -0.25) is 19.3 Å². The molecule has 4 amide bonds. The van der Waals surface area contributed by atoms with E-state index in [0.717, 1.165) is 4.90 Å². The third kappa shape index (κ3) is 4.45. The predicted octanol–water partition coefficient (Wildman–Crippen LogP) is -0.480. The smallest absolute Gasteiger partial charge is 0.325 e. The maximum Gasteiger partial charge on any atom is 0.325 e. The van der Waals surface area contributed by atoms with Crippen LogP contribution in [0.5, 0.6) is 5.75 Å². The average molecular weight is 335 g/mol. The largest absolute Gasteiger partial charge is 0.497 e. The summed E-state index contributed by atoms with van der Waals surface area (Å²) in [4.78, 5) is 47.3. The number of amides is 4. The maximum absolute atomic E-state index is 11.9. The number of carbonyl (C=O) groups is 4. The van der Waals surface area contributed by atoms with Gasteiger partial charge in [0.1, 0.15) is 12.3 Å². The van der Waals surface area contributed by atoms with Crippen molar-refractivity contribution in [3.05, 3.63) is 29.8 Å². The second-order valence-corrected chi connectivity index (χ2v) is 4.85. The fourth-order valence-corrected chi connectivity index (χ4v) is 1.98. The fourth-order valence-electron chi connectivity index (χ4n) is 1.98. The number of urea groups is 1. The number of carbonyl (C=O) groups excluding carboxylic acids is 4. The standard InChI is InChI=1S/C15H17N3O6/c1-23-11-4-2-10(3-5-11)14(21)17-8-13(20)24-9-12(19)18-7-6-16-15(18)22/h2-5H,6-9H2,1H3,(H,16,22)(H,17,21). The highest BCUT2D eigenvalue weighted by Crippen LogP contribution is 2.10. The van der Waals surface area contributed by atoms with Gasteiger partial charge in [0.2, 0.25) is 0 Å². The zero-order valence-corrected chi connectivity index (χ0v) is 13.0. The van der Waals surface area contributed by atoms with E-state index in [9.17, 15) is 19.2 Å². The van der Waals surface area contributed by atoms with Crippen LogP contribution in [0.15, 0.2) is 24.3 Å². The van der Waals surface area contributed by atoms with Crippen molar-refractivity contribution >= 4 is 23.8 Å². The number of ether oxygens (including phenoxy) is 2. The van der Waals surface area contributed by atoms with Crippen LogP contribution in [0, 0.1) is 0 Å². The Morgan fingerprint density at radius 2 is 1.96 bits per heavy atom. The van der Waals surface area contributed by atoms with Gasteiger partial charge < -0.3 is 20.1 Å². The van der Waals surface area contributed by atoms with Crippen molar-refractivity contribution in [2.24, 2.45) is 0 Å². The van der Waals surface area contributed by atoms with Crippen molar-refractivity contribution in [3.8, 4) is 5.75 Å². The van der Waals surface area contributed by atoms with E-state index in [4.69, 9.17) is 9.47 Å². The number of benzene rings is 1. The van der Waals surface area contributed by atoms with Crippen molar-refractivity contribution in [3.63, 3.8) is 0 Å². The number of imide groups is 1. The summed E-state index contributed by atoms with van der Waals surface area (Å²) in [5.74, 6) is -1.24. The molecular weight excluding hydrogens is 318 g/mol. The quantitative estimate of drug-likeness (QED) is 0.679. The third-order valence-electron chi connectivity index (χ3n) is 3.26. The SMILES string of the molecule is COc1ccc(C(=O)NCC(=O)OCC(=O)N2CCNC2=O)cc1. The summed E-state index contributed by atoms with van der Waals surface area (Å²) in [6, 6.07) is 5.83. The van der Waals surface area contributed by atoms with Gasteiger partial charge in [0.15, 0.2) is 6.61 Å². The first-order chi connectivity index (χ1) is 11.5. The minimum absolute atomic E-state index is 0.240. The van der Waals surface area contributed by atoms with E-state index in [1.165, 1.54) is 7.11 Å². The van der Waals surface area contributed by atoms with Crippen LogP contribution in [0.3, 0.4) is 0 Å². The Bertz CT molecular complexity index is 643. The lowest BCUT2D eigenvalue weighted by Gasteiger charge is -2.12. The number of nitrogens with one attached hydrogen (secondary N) is 2. The summed E-state index contributed by atoms with van der Waals surface area (Å²) in [5, 5.41) is 4.84. The lowest BCUT2D eigenvalue weighted by atomic mass is 10.2. The molecule has 0 spiro atoms. The Hall–Kier alpha value is -3.10. The van der Waals surface area contributed by atoms with E-state index in [1.807, 2.05) is 0 Å². The molecule has 0 unspecified atom stereocenters. The third-order valence-corrected chi connectivity index (χ3v) is 3.26. The fraction of sp³-hybridized carbons (Fsp3) is 0.333. The molecular formula is C15H17N3O6. The average Bonchev–Trinajstić information content (AvgIpc) is 3.03. The summed E-state index contributed by atoms with van der Waals surface area (Å²) < 4.78 is 9.72. The molecule has 24 heavy (non-hydrogen) atoms. The Kier molecular flexibility index (Phi) is 5.72. The van der Waals surface area contributed by atoms with E-state index in [2.05, 4.69) is 10.6 Å². The van der Waals surface area contributed by atoms with Crippen molar-refractivity contribution in [2.45, 2.75) is 0 Å². The molecule has 1 aliphatic rings. The zero-order chi connectivity index (χ0) is 17.5. The predicted molar refractivity (Wildman–Crippen MR) is 81.4 cm³/mol. The monoisotopic (exact) mass is 335 g/mol. The molecule has 1 aromatic carbocycles. The van der Waals surface area contributed by atoms with Crippen LogP contribution in [0.1, 0.15) is 10.4 Å². The summed E-state index contributed by atoms with van der Waals surface area (Å²) in [6.45, 7) is -0.325. The molecule has 0 radical (unpaired) electrons. The van der Waals surface area contributed by atoms with Crippen molar-refractivity contribution in [2.75, 3.05) is 33.4 Å². The number of hydrogen-bond acceptors (Lipinski definition) is 6. The van der Waals surface area contributed by atoms with Crippen LogP contribution < -0.4 is 15.4 Å². The summed E-state index contributed by atoms with van der Waals surface area (Å²) in [7, 11) is 1.51. The van der Waals surface area contributed by atoms with E-state index < -0.39 is 30.4 Å². The highest BCUT2D eigenvalue weighted by Gasteiger charge is 2.26. The Labute approximate surface area is 137 Å². The zero-order valence-electron chi connectivity index (χ0n) is 13.0. The van der Waals surface area contributed by atoms with Gasteiger partial charge in [-0.05, 0) is 24.3 Å². The maximum atomic E-state index is 11.9. The van der Waals surface area contributed by atoms with Crippen LogP contribution in [-0.2, 0) is 14.3 Å². The number of hydrogen-bond donors (Lipinski definition) is 2. The second-order valence-electron chi connectivity index (χ2n) is 4.85. The van der Waals surface area contributed by atoms with Crippen LogP contribution in [0.25, 0.3) is 0 Å². The molecule has 0 aromatic heterocycles. The number of esters is 1. The molecule has 2 N–H and O–H groups in total. The van der Waals surface area contributed by atoms with Crippen molar-refractivity contribution in [1.29, 1.82) is 0 Å². The number of nitrogens with zero attached hydrogens (tertiary/aromatic N) is 1. The highest BCUT2D eigenvalue weighted by atomic mass is 16.5. The van der Waals surface area contributed by atoms with E-state index in [-0.39, 0.29) is 13.1 Å². The summed E-state index contributed by atoms with van der Waals surface area (Å²) in [6.07, 6.45) is 0. The van der Waals surface area contributed by atoms with Crippen molar-refractivity contribution in [1.82, 2.24) is 15.5 Å². The van der Waals surface area contributed by atoms with Crippen LogP contribution in [0.4, 0.5) is 4.79 Å². The van der Waals surface area contributed by atoms with Gasteiger partial charge in [0, 0.05) is 18.7 Å². The molecule has 1 aromatic rings. The minimum atomic E-state index is -0.773. The molecule has 1 aliphatic heterocycles. The Morgan fingerprint density at radius 1 is 1.25 bits per heavy atom. The molecule has 1 heterocycles. The molecule has 2 rings (SSSR count). The van der Waals surface area contributed by atoms with Crippen molar-refractivity contribution < 1.29 is 28.7 Å². The summed E-state index contributed by atoms with van der Waals surface area (Å²) in [5.41, 5.74) is 0.355. The van der Waals surface area contributed by atoms with E-state index in [1.54, 1.807) is 24.3 Å². The first-order valence-corrected chi connectivity index (χ1v) is 7.17. The first-order valence-electron chi connectivity index (χ1n) is 7.17. The normalized spacial score (nSPS) is 13.2. The highest BCUT2D eigenvalue weighted by molar-refractivity contribution is 5.98. The second kappa shape index (κ2) is 7.95. The number of methoxy groups -OCH3 is 1. The summed E-state index contributed by atoms with van der Waals surface area (Å²) >= 11 is 0. The van der Waals surface area contributed by atoms with Gasteiger partial charge in [0.05, 0.1) is 7.11 Å². The van der Waals surface area contributed by atoms with Crippen LogP contribution in [0.2, 0.25) is 0 Å². The van der Waals surface area contributed by atoms with Gasteiger partial charge in [-0.25, -0.2) is 4.79 Å². The van der Waals surface area contributed by atoms with E-state index >= 15 is 0 Å². The molecule has 9 heteroatoms. The molecule has 0 bridgehead atoms. The van der Waals surface area contributed by atoms with Gasteiger partial charge in [-0.1, -0.05) is 0 Å². The molecule has 0 saturated carbocycles. The molecule has 1 saturated heterocycles. The van der Waals surface area contributed by atoms with Gasteiger partial charge in [-0.15, -0.1) is 0 Å². The lowest BCUT2D eigenvalue weighted by Crippen LogP contribution is -2.38. The minimum Gasteiger partial charge on any atom is -0.497 e. The molecule has 128 valence electrons. The molecule has 0 aliphatic carbocycles. The number of rotatable bonds is 6. The van der Waals surface area contributed by atoms with Gasteiger partial charge in [-0.2, -0.15) is 0 Å². The Morgan fingerprint density at radius 3 is 2.54 bits per heavy atom. The van der Waals surface area contributed by atoms with E-state index in [0.29, 0.717) is 17.9 Å². The lowest BCUT2D eigenvalue weighted by molar-refractivity contribution is -0.149. The topological polar surface area (TPSA) is 114 Å².